The number of piperazine rings is 1. The van der Waals surface area contributed by atoms with Crippen molar-refractivity contribution in [2.75, 3.05) is 19.6 Å². The molecular weight excluding hydrogens is 320 g/mol. The van der Waals surface area contributed by atoms with Gasteiger partial charge in [-0.05, 0) is 19.1 Å². The Bertz CT molecular complexity index is 809. The second-order valence-corrected chi connectivity index (χ2v) is 6.49. The van der Waals surface area contributed by atoms with E-state index < -0.39 is 0 Å². The highest BCUT2D eigenvalue weighted by Crippen LogP contribution is 2.20. The molecule has 0 aromatic carbocycles. The molecular formula is C17H22N6O2. The molecule has 25 heavy (non-hydrogen) atoms. The van der Waals surface area contributed by atoms with Crippen LogP contribution in [0.5, 0.6) is 0 Å². The fourth-order valence-corrected chi connectivity index (χ4v) is 3.19. The van der Waals surface area contributed by atoms with Gasteiger partial charge in [-0.3, -0.25) is 9.80 Å². The first-order valence-corrected chi connectivity index (χ1v) is 8.48. The molecule has 1 atom stereocenters. The molecule has 3 aromatic rings. The van der Waals surface area contributed by atoms with E-state index in [1.165, 1.54) is 0 Å². The van der Waals surface area contributed by atoms with Crippen LogP contribution in [0.15, 0.2) is 39.6 Å². The maximum atomic E-state index is 5.71. The second-order valence-electron chi connectivity index (χ2n) is 6.49. The Labute approximate surface area is 146 Å². The Morgan fingerprint density at radius 2 is 2.16 bits per heavy atom. The number of rotatable bonds is 5. The van der Waals surface area contributed by atoms with Gasteiger partial charge in [-0.15, -0.1) is 10.2 Å². The summed E-state index contributed by atoms with van der Waals surface area (Å²) in [5.41, 5.74) is 0. The molecule has 8 heteroatoms. The number of hydrogen-bond donors (Lipinski definition) is 0. The SMILES string of the molecule is CC1CN(Cc2nnc(-c3ccco3)o2)CCN1Cc1nccn1C. The van der Waals surface area contributed by atoms with Gasteiger partial charge < -0.3 is 13.4 Å². The number of furan rings is 1. The van der Waals surface area contributed by atoms with Crippen molar-refractivity contribution >= 4 is 0 Å². The van der Waals surface area contributed by atoms with E-state index in [2.05, 4.69) is 36.5 Å². The standard InChI is InChI=1S/C17H22N6O2/c1-13-10-22(7-8-23(13)11-15-18-5-6-21(15)2)12-16-19-20-17(25-16)14-4-3-9-24-14/h3-6,9,13H,7-8,10-12H2,1-2H3. The van der Waals surface area contributed by atoms with Crippen molar-refractivity contribution in [1.82, 2.24) is 29.5 Å². The van der Waals surface area contributed by atoms with Crippen LogP contribution in [0.4, 0.5) is 0 Å². The van der Waals surface area contributed by atoms with Crippen LogP contribution in [0.1, 0.15) is 18.6 Å². The van der Waals surface area contributed by atoms with Gasteiger partial charge in [0.1, 0.15) is 5.82 Å². The lowest BCUT2D eigenvalue weighted by atomic mass is 10.2. The summed E-state index contributed by atoms with van der Waals surface area (Å²) in [4.78, 5) is 9.23. The van der Waals surface area contributed by atoms with Crippen LogP contribution in [-0.4, -0.2) is 55.2 Å². The highest BCUT2D eigenvalue weighted by Gasteiger charge is 2.26. The summed E-state index contributed by atoms with van der Waals surface area (Å²) in [6, 6.07) is 4.06. The van der Waals surface area contributed by atoms with Gasteiger partial charge in [0.05, 0.1) is 19.4 Å². The molecule has 0 N–H and O–H groups in total. The third-order valence-corrected chi connectivity index (χ3v) is 4.67. The minimum absolute atomic E-state index is 0.432. The van der Waals surface area contributed by atoms with E-state index in [0.29, 0.717) is 30.1 Å². The lowest BCUT2D eigenvalue weighted by Crippen LogP contribution is -2.51. The maximum absolute atomic E-state index is 5.71. The first kappa shape index (κ1) is 16.0. The fraction of sp³-hybridized carbons (Fsp3) is 0.471. The van der Waals surface area contributed by atoms with Crippen molar-refractivity contribution in [3.8, 4) is 11.7 Å². The van der Waals surface area contributed by atoms with E-state index in [1.807, 2.05) is 31.6 Å². The van der Waals surface area contributed by atoms with Crippen LogP contribution >= 0.6 is 0 Å². The molecule has 0 aliphatic carbocycles. The van der Waals surface area contributed by atoms with Gasteiger partial charge in [-0.1, -0.05) is 0 Å². The molecule has 1 aliphatic rings. The molecule has 1 fully saturated rings. The summed E-state index contributed by atoms with van der Waals surface area (Å²) < 4.78 is 13.1. The van der Waals surface area contributed by atoms with Gasteiger partial charge in [-0.25, -0.2) is 4.98 Å². The summed E-state index contributed by atoms with van der Waals surface area (Å²) >= 11 is 0. The van der Waals surface area contributed by atoms with Crippen molar-refractivity contribution in [2.24, 2.45) is 7.05 Å². The normalized spacial score (nSPS) is 19.5. The molecule has 8 nitrogen and oxygen atoms in total. The van der Waals surface area contributed by atoms with E-state index in [4.69, 9.17) is 8.83 Å². The van der Waals surface area contributed by atoms with Crippen molar-refractivity contribution in [2.45, 2.75) is 26.1 Å². The predicted octanol–water partition coefficient (Wildman–Crippen LogP) is 1.77. The molecule has 0 amide bonds. The maximum Gasteiger partial charge on any atom is 0.283 e. The topological polar surface area (TPSA) is 76.4 Å². The van der Waals surface area contributed by atoms with Crippen molar-refractivity contribution in [1.29, 1.82) is 0 Å². The Kier molecular flexibility index (Phi) is 4.37. The Morgan fingerprint density at radius 3 is 2.88 bits per heavy atom. The van der Waals surface area contributed by atoms with Crippen LogP contribution < -0.4 is 0 Å². The summed E-state index contributed by atoms with van der Waals surface area (Å²) in [6.07, 6.45) is 5.44. The van der Waals surface area contributed by atoms with Gasteiger partial charge in [0, 0.05) is 45.1 Å². The first-order chi connectivity index (χ1) is 12.2. The number of hydrogen-bond acceptors (Lipinski definition) is 7. The molecule has 4 rings (SSSR count). The van der Waals surface area contributed by atoms with Crippen molar-refractivity contribution < 1.29 is 8.83 Å². The van der Waals surface area contributed by atoms with Gasteiger partial charge in [0.2, 0.25) is 5.89 Å². The zero-order chi connectivity index (χ0) is 17.2. The molecule has 0 saturated carbocycles. The lowest BCUT2D eigenvalue weighted by Gasteiger charge is -2.39. The van der Waals surface area contributed by atoms with Crippen molar-refractivity contribution in [3.63, 3.8) is 0 Å². The first-order valence-electron chi connectivity index (χ1n) is 8.48. The van der Waals surface area contributed by atoms with Crippen LogP contribution in [0, 0.1) is 0 Å². The molecule has 1 aliphatic heterocycles. The summed E-state index contributed by atoms with van der Waals surface area (Å²) in [7, 11) is 2.04. The molecule has 3 aromatic heterocycles. The van der Waals surface area contributed by atoms with Crippen molar-refractivity contribution in [3.05, 3.63) is 42.5 Å². The smallest absolute Gasteiger partial charge is 0.283 e. The minimum atomic E-state index is 0.432. The van der Waals surface area contributed by atoms with Gasteiger partial charge >= 0.3 is 0 Å². The second kappa shape index (κ2) is 6.81. The van der Waals surface area contributed by atoms with E-state index in [1.54, 1.807) is 6.26 Å². The molecule has 4 heterocycles. The van der Waals surface area contributed by atoms with Crippen LogP contribution in [-0.2, 0) is 20.1 Å². The van der Waals surface area contributed by atoms with E-state index in [-0.39, 0.29) is 0 Å². The van der Waals surface area contributed by atoms with Gasteiger partial charge in [-0.2, -0.15) is 0 Å². The quantitative estimate of drug-likeness (QED) is 0.699. The fourth-order valence-electron chi connectivity index (χ4n) is 3.19. The number of imidazole rings is 1. The molecule has 132 valence electrons. The Hall–Kier alpha value is -2.45. The molecule has 1 saturated heterocycles. The largest absolute Gasteiger partial charge is 0.459 e. The summed E-state index contributed by atoms with van der Waals surface area (Å²) in [5, 5.41) is 8.20. The molecule has 0 radical (unpaired) electrons. The number of aryl methyl sites for hydroxylation is 1. The average Bonchev–Trinajstić information content (AvgIpc) is 3.32. The summed E-state index contributed by atoms with van der Waals surface area (Å²) in [5.74, 6) is 2.75. The van der Waals surface area contributed by atoms with E-state index in [0.717, 1.165) is 32.0 Å². The molecule has 1 unspecified atom stereocenters. The monoisotopic (exact) mass is 342 g/mol. The minimum Gasteiger partial charge on any atom is -0.459 e. The van der Waals surface area contributed by atoms with Gasteiger partial charge in [0.25, 0.3) is 5.89 Å². The third kappa shape index (κ3) is 3.49. The zero-order valence-electron chi connectivity index (χ0n) is 14.5. The highest BCUT2D eigenvalue weighted by molar-refractivity contribution is 5.42. The average molecular weight is 342 g/mol. The van der Waals surface area contributed by atoms with Gasteiger partial charge in [0.15, 0.2) is 5.76 Å². The summed E-state index contributed by atoms with van der Waals surface area (Å²) in [6.45, 7) is 6.70. The third-order valence-electron chi connectivity index (χ3n) is 4.67. The highest BCUT2D eigenvalue weighted by atomic mass is 16.4. The molecule has 0 bridgehead atoms. The van der Waals surface area contributed by atoms with Crippen LogP contribution in [0.3, 0.4) is 0 Å². The Balaban J connectivity index is 1.34. The predicted molar refractivity (Wildman–Crippen MR) is 90.4 cm³/mol. The zero-order valence-corrected chi connectivity index (χ0v) is 14.5. The lowest BCUT2D eigenvalue weighted by molar-refractivity contribution is 0.0658. The van der Waals surface area contributed by atoms with E-state index in [9.17, 15) is 0 Å². The van der Waals surface area contributed by atoms with E-state index >= 15 is 0 Å². The van der Waals surface area contributed by atoms with Crippen LogP contribution in [0.25, 0.3) is 11.7 Å². The number of aromatic nitrogens is 4. The molecule has 0 spiro atoms. The Morgan fingerprint density at radius 1 is 1.24 bits per heavy atom. The number of nitrogens with zero attached hydrogens (tertiary/aromatic N) is 6. The van der Waals surface area contributed by atoms with Crippen LogP contribution in [0.2, 0.25) is 0 Å².